The van der Waals surface area contributed by atoms with Crippen molar-refractivity contribution in [3.63, 3.8) is 0 Å². The number of nitrogens with one attached hydrogen (secondary N) is 1. The monoisotopic (exact) mass is 445 g/mol. The van der Waals surface area contributed by atoms with Crippen molar-refractivity contribution in [2.24, 2.45) is 5.41 Å². The molecule has 2 heterocycles. The van der Waals surface area contributed by atoms with Crippen LogP contribution in [0.1, 0.15) is 69.0 Å². The lowest BCUT2D eigenvalue weighted by Gasteiger charge is -2.32. The summed E-state index contributed by atoms with van der Waals surface area (Å²) in [5.74, 6) is -0.307. The number of imidazole rings is 1. The van der Waals surface area contributed by atoms with E-state index >= 15 is 0 Å². The molecule has 0 spiro atoms. The number of nitrogens with zero attached hydrogens (tertiary/aromatic N) is 4. The highest BCUT2D eigenvalue weighted by molar-refractivity contribution is 5.97. The van der Waals surface area contributed by atoms with Gasteiger partial charge in [-0.2, -0.15) is 0 Å². The Morgan fingerprint density at radius 1 is 1.22 bits per heavy atom. The quantitative estimate of drug-likeness (QED) is 0.772. The normalized spacial score (nSPS) is 18.6. The Balaban J connectivity index is 2.06. The molecule has 2 amide bonds. The summed E-state index contributed by atoms with van der Waals surface area (Å²) < 4.78 is 16.9. The van der Waals surface area contributed by atoms with Gasteiger partial charge >= 0.3 is 0 Å². The molecule has 1 N–H and O–H groups in total. The van der Waals surface area contributed by atoms with E-state index in [-0.39, 0.29) is 17.4 Å². The van der Waals surface area contributed by atoms with E-state index in [1.54, 1.807) is 20.2 Å². The van der Waals surface area contributed by atoms with Crippen molar-refractivity contribution in [1.82, 2.24) is 24.7 Å². The molecule has 3 rings (SSSR count). The SMILES string of the molecule is CC1=CC(F)=C(c2nc(C(=O)N[C@H](C(=O)N(C)C)C(C)(C)C)c3n2CCCN(C)C3)CC1. The van der Waals surface area contributed by atoms with Crippen LogP contribution in [0.25, 0.3) is 5.57 Å². The summed E-state index contributed by atoms with van der Waals surface area (Å²) in [7, 11) is 5.36. The highest BCUT2D eigenvalue weighted by Crippen LogP contribution is 2.34. The van der Waals surface area contributed by atoms with Crippen LogP contribution in [-0.2, 0) is 17.9 Å². The zero-order chi connectivity index (χ0) is 23.8. The Kier molecular flexibility index (Phi) is 6.93. The Bertz CT molecular complexity index is 968. The Hall–Kier alpha value is -2.48. The van der Waals surface area contributed by atoms with Crippen LogP contribution in [0.3, 0.4) is 0 Å². The molecule has 1 aromatic heterocycles. The summed E-state index contributed by atoms with van der Waals surface area (Å²) in [6.45, 7) is 9.78. The molecule has 0 saturated carbocycles. The van der Waals surface area contributed by atoms with Crippen LogP contribution >= 0.6 is 0 Å². The zero-order valence-corrected chi connectivity index (χ0v) is 20.4. The van der Waals surface area contributed by atoms with Crippen molar-refractivity contribution in [2.45, 2.75) is 66.1 Å². The molecule has 0 unspecified atom stereocenters. The lowest BCUT2D eigenvalue weighted by Crippen LogP contribution is -2.53. The van der Waals surface area contributed by atoms with Crippen molar-refractivity contribution < 1.29 is 14.0 Å². The van der Waals surface area contributed by atoms with Gasteiger partial charge in [0.1, 0.15) is 17.7 Å². The molecule has 0 aromatic carbocycles. The van der Waals surface area contributed by atoms with Crippen LogP contribution in [-0.4, -0.2) is 64.9 Å². The molecule has 0 fully saturated rings. The van der Waals surface area contributed by atoms with Crippen molar-refractivity contribution in [2.75, 3.05) is 27.7 Å². The number of amides is 2. The van der Waals surface area contributed by atoms with Gasteiger partial charge in [-0.15, -0.1) is 0 Å². The van der Waals surface area contributed by atoms with Gasteiger partial charge < -0.3 is 19.7 Å². The molecule has 2 aliphatic rings. The number of hydrogen-bond donors (Lipinski definition) is 1. The van der Waals surface area contributed by atoms with Crippen LogP contribution in [0, 0.1) is 5.41 Å². The van der Waals surface area contributed by atoms with Gasteiger partial charge in [0.05, 0.1) is 5.69 Å². The lowest BCUT2D eigenvalue weighted by molar-refractivity contribution is -0.133. The molecular weight excluding hydrogens is 409 g/mol. The fourth-order valence-corrected chi connectivity index (χ4v) is 4.28. The van der Waals surface area contributed by atoms with Gasteiger partial charge in [-0.05, 0) is 51.3 Å². The molecule has 32 heavy (non-hydrogen) atoms. The number of allylic oxidation sites excluding steroid dienone is 4. The third-order valence-corrected chi connectivity index (χ3v) is 6.16. The van der Waals surface area contributed by atoms with E-state index in [1.165, 1.54) is 4.90 Å². The summed E-state index contributed by atoms with van der Waals surface area (Å²) in [6, 6.07) is -0.703. The van der Waals surface area contributed by atoms with Gasteiger partial charge in [0.2, 0.25) is 5.91 Å². The first-order valence-electron chi connectivity index (χ1n) is 11.3. The zero-order valence-electron chi connectivity index (χ0n) is 20.4. The first-order chi connectivity index (χ1) is 14.9. The molecule has 1 aliphatic carbocycles. The molecule has 176 valence electrons. The van der Waals surface area contributed by atoms with E-state index in [9.17, 15) is 14.0 Å². The number of aromatic nitrogens is 2. The highest BCUT2D eigenvalue weighted by atomic mass is 19.1. The maximum absolute atomic E-state index is 14.9. The van der Waals surface area contributed by atoms with E-state index < -0.39 is 17.4 Å². The highest BCUT2D eigenvalue weighted by Gasteiger charge is 2.36. The van der Waals surface area contributed by atoms with Crippen LogP contribution in [0.2, 0.25) is 0 Å². The number of carbonyl (C=O) groups excluding carboxylic acids is 2. The summed E-state index contributed by atoms with van der Waals surface area (Å²) in [4.78, 5) is 34.6. The molecule has 7 nitrogen and oxygen atoms in total. The first-order valence-corrected chi connectivity index (χ1v) is 11.3. The van der Waals surface area contributed by atoms with Gasteiger partial charge in [-0.25, -0.2) is 9.37 Å². The van der Waals surface area contributed by atoms with Gasteiger partial charge in [-0.1, -0.05) is 26.3 Å². The lowest BCUT2D eigenvalue weighted by atomic mass is 9.85. The largest absolute Gasteiger partial charge is 0.347 e. The molecule has 1 aromatic rings. The van der Waals surface area contributed by atoms with E-state index in [0.29, 0.717) is 30.9 Å². The minimum atomic E-state index is -0.703. The number of rotatable bonds is 4. The summed E-state index contributed by atoms with van der Waals surface area (Å²) in [6.07, 6.45) is 3.79. The topological polar surface area (TPSA) is 70.5 Å². The number of likely N-dealkylation sites (N-methyl/N-ethyl adjacent to an activating group) is 1. The molecule has 0 saturated heterocycles. The molecular formula is C24H36FN5O2. The maximum Gasteiger partial charge on any atom is 0.272 e. The second-order valence-electron chi connectivity index (χ2n) is 10.3. The molecule has 0 bridgehead atoms. The number of hydrogen-bond acceptors (Lipinski definition) is 4. The van der Waals surface area contributed by atoms with E-state index in [4.69, 9.17) is 0 Å². The Morgan fingerprint density at radius 2 is 1.91 bits per heavy atom. The fourth-order valence-electron chi connectivity index (χ4n) is 4.28. The second kappa shape index (κ2) is 9.17. The average Bonchev–Trinajstić information content (AvgIpc) is 2.90. The minimum absolute atomic E-state index is 0.171. The van der Waals surface area contributed by atoms with Crippen LogP contribution < -0.4 is 5.32 Å². The summed E-state index contributed by atoms with van der Waals surface area (Å²) in [5, 5.41) is 2.93. The van der Waals surface area contributed by atoms with Crippen molar-refractivity contribution in [1.29, 1.82) is 0 Å². The molecule has 0 radical (unpaired) electrons. The summed E-state index contributed by atoms with van der Waals surface area (Å²) in [5.41, 5.74) is 2.13. The van der Waals surface area contributed by atoms with Gasteiger partial charge in [0.15, 0.2) is 5.69 Å². The van der Waals surface area contributed by atoms with Crippen molar-refractivity contribution >= 4 is 17.4 Å². The average molecular weight is 446 g/mol. The van der Waals surface area contributed by atoms with Gasteiger partial charge in [-0.3, -0.25) is 9.59 Å². The minimum Gasteiger partial charge on any atom is -0.347 e. The predicted molar refractivity (Wildman–Crippen MR) is 124 cm³/mol. The smallest absolute Gasteiger partial charge is 0.272 e. The Labute approximate surface area is 190 Å². The van der Waals surface area contributed by atoms with Crippen molar-refractivity contribution in [3.05, 3.63) is 34.7 Å². The van der Waals surface area contributed by atoms with E-state index in [0.717, 1.165) is 30.7 Å². The third kappa shape index (κ3) is 4.95. The first kappa shape index (κ1) is 24.2. The van der Waals surface area contributed by atoms with E-state index in [2.05, 4.69) is 15.2 Å². The third-order valence-electron chi connectivity index (χ3n) is 6.16. The molecule has 1 aliphatic heterocycles. The number of fused-ring (bicyclic) bond motifs is 1. The molecule has 8 heteroatoms. The summed E-state index contributed by atoms with van der Waals surface area (Å²) >= 11 is 0. The maximum atomic E-state index is 14.9. The number of carbonyl (C=O) groups is 2. The van der Waals surface area contributed by atoms with Crippen molar-refractivity contribution in [3.8, 4) is 0 Å². The molecule has 1 atom stereocenters. The predicted octanol–water partition coefficient (Wildman–Crippen LogP) is 3.37. The van der Waals surface area contributed by atoms with Crippen LogP contribution in [0.15, 0.2) is 17.5 Å². The van der Waals surface area contributed by atoms with Gasteiger partial charge in [0.25, 0.3) is 5.91 Å². The number of halogens is 1. The second-order valence-corrected chi connectivity index (χ2v) is 10.3. The van der Waals surface area contributed by atoms with E-state index in [1.807, 2.05) is 39.3 Å². The van der Waals surface area contributed by atoms with Crippen LogP contribution in [0.4, 0.5) is 4.39 Å². The fraction of sp³-hybridized carbons (Fsp3) is 0.625. The Morgan fingerprint density at radius 3 is 2.50 bits per heavy atom. The standard InChI is InChI=1S/C24H36FN5O2/c1-15-9-10-16(17(25)13-15)21-26-19(18-14-29(7)11-8-12-30(18)21)22(31)27-20(24(2,3)4)23(32)28(5)6/h13,20H,8-12,14H2,1-7H3,(H,27,31)/t20-/m1/s1. The van der Waals surface area contributed by atoms with Gasteiger partial charge in [0, 0.05) is 32.8 Å². The van der Waals surface area contributed by atoms with Crippen LogP contribution in [0.5, 0.6) is 0 Å².